The highest BCUT2D eigenvalue weighted by atomic mass is 31.2. The largest absolute Gasteiger partial charge is 0.297 e. The summed E-state index contributed by atoms with van der Waals surface area (Å²) < 4.78 is 15.0. The summed E-state index contributed by atoms with van der Waals surface area (Å²) in [4.78, 5) is 5.10. The number of nitrogens with one attached hydrogen (secondary N) is 1. The quantitative estimate of drug-likeness (QED) is 0.238. The Bertz CT molecular complexity index is 1640. The Balaban J connectivity index is 1.51. The first-order valence-corrected chi connectivity index (χ1v) is 14.6. The first kappa shape index (κ1) is 24.8. The number of benzene rings is 5. The lowest BCUT2D eigenvalue weighted by molar-refractivity contribution is 0.545. The van der Waals surface area contributed by atoms with Crippen LogP contribution in [0.3, 0.4) is 0 Å². The molecule has 188 valence electrons. The number of nitriles is 1. The Morgan fingerprint density at radius 1 is 0.590 bits per heavy atom. The van der Waals surface area contributed by atoms with Crippen LogP contribution in [0.5, 0.6) is 0 Å². The molecule has 1 N–H and O–H groups in total. The van der Waals surface area contributed by atoms with Crippen LogP contribution >= 0.6 is 7.29 Å². The van der Waals surface area contributed by atoms with Crippen LogP contribution in [0.1, 0.15) is 22.7 Å². The lowest BCUT2D eigenvalue weighted by Gasteiger charge is -2.29. The fourth-order valence-corrected chi connectivity index (χ4v) is 7.67. The van der Waals surface area contributed by atoms with Crippen molar-refractivity contribution in [2.75, 3.05) is 0 Å². The van der Waals surface area contributed by atoms with Crippen molar-refractivity contribution in [2.24, 2.45) is 4.99 Å². The van der Waals surface area contributed by atoms with Gasteiger partial charge in [-0.25, -0.2) is 5.09 Å². The first-order chi connectivity index (χ1) is 19.2. The maximum Gasteiger partial charge on any atom is 0.205 e. The highest BCUT2D eigenvalue weighted by Crippen LogP contribution is 2.43. The number of nitrogens with zero attached hydrogens (tertiary/aromatic N) is 2. The van der Waals surface area contributed by atoms with E-state index in [4.69, 9.17) is 4.99 Å². The molecule has 0 saturated heterocycles. The van der Waals surface area contributed by atoms with Crippen LogP contribution in [-0.4, -0.2) is 11.8 Å². The Hall–Kier alpha value is -4.55. The van der Waals surface area contributed by atoms with Gasteiger partial charge in [-0.2, -0.15) is 5.26 Å². The van der Waals surface area contributed by atoms with Gasteiger partial charge in [0.1, 0.15) is 0 Å². The third-order valence-corrected chi connectivity index (χ3v) is 9.78. The average Bonchev–Trinajstić information content (AvgIpc) is 3.33. The summed E-state index contributed by atoms with van der Waals surface area (Å²) >= 11 is 0. The van der Waals surface area contributed by atoms with E-state index in [2.05, 4.69) is 23.3 Å². The van der Waals surface area contributed by atoms with Gasteiger partial charge in [0.15, 0.2) is 6.04 Å². The fourth-order valence-electron chi connectivity index (χ4n) is 5.21. The second kappa shape index (κ2) is 10.7. The number of hydrogen-bond acceptors (Lipinski definition) is 3. The minimum Gasteiger partial charge on any atom is -0.297 e. The van der Waals surface area contributed by atoms with E-state index in [1.807, 2.05) is 127 Å². The molecule has 0 aromatic heterocycles. The molecule has 0 saturated carbocycles. The topological polar surface area (TPSA) is 65.2 Å². The van der Waals surface area contributed by atoms with Gasteiger partial charge in [-0.3, -0.25) is 9.56 Å². The van der Waals surface area contributed by atoms with Gasteiger partial charge in [0.2, 0.25) is 7.29 Å². The molecule has 1 aliphatic rings. The van der Waals surface area contributed by atoms with Gasteiger partial charge in [-0.15, -0.1) is 0 Å². The molecule has 0 aliphatic heterocycles. The van der Waals surface area contributed by atoms with Gasteiger partial charge in [0.25, 0.3) is 0 Å². The van der Waals surface area contributed by atoms with Crippen molar-refractivity contribution in [2.45, 2.75) is 12.1 Å². The zero-order valence-electron chi connectivity index (χ0n) is 21.2. The molecule has 0 radical (unpaired) electrons. The molecule has 6 rings (SSSR count). The fraction of sp³-hybridized carbons (Fsp3) is 0.0588. The Morgan fingerprint density at radius 2 is 1.00 bits per heavy atom. The summed E-state index contributed by atoms with van der Waals surface area (Å²) in [6, 6.07) is 45.8. The van der Waals surface area contributed by atoms with Crippen LogP contribution in [0.25, 0.3) is 11.1 Å². The highest BCUT2D eigenvalue weighted by Gasteiger charge is 2.35. The summed E-state index contributed by atoms with van der Waals surface area (Å²) in [5.41, 5.74) is 5.84. The monoisotopic (exact) mass is 523 g/mol. The zero-order chi connectivity index (χ0) is 26.7. The van der Waals surface area contributed by atoms with E-state index in [0.29, 0.717) is 10.6 Å². The normalized spacial score (nSPS) is 13.6. The maximum absolute atomic E-state index is 15.0. The first-order valence-electron chi connectivity index (χ1n) is 12.9. The van der Waals surface area contributed by atoms with E-state index in [0.717, 1.165) is 33.5 Å². The molecular weight excluding hydrogens is 497 g/mol. The molecule has 0 bridgehead atoms. The van der Waals surface area contributed by atoms with E-state index in [-0.39, 0.29) is 0 Å². The van der Waals surface area contributed by atoms with Gasteiger partial charge >= 0.3 is 0 Å². The molecule has 1 aliphatic carbocycles. The van der Waals surface area contributed by atoms with Crippen molar-refractivity contribution in [1.82, 2.24) is 5.09 Å². The van der Waals surface area contributed by atoms with Crippen LogP contribution in [-0.2, 0) is 4.57 Å². The van der Waals surface area contributed by atoms with Crippen molar-refractivity contribution in [3.63, 3.8) is 0 Å². The predicted molar refractivity (Wildman–Crippen MR) is 159 cm³/mol. The molecule has 0 spiro atoms. The second-order valence-corrected chi connectivity index (χ2v) is 12.0. The van der Waals surface area contributed by atoms with Gasteiger partial charge in [0.05, 0.1) is 17.8 Å². The molecule has 0 heterocycles. The van der Waals surface area contributed by atoms with Crippen LogP contribution < -0.4 is 15.7 Å². The van der Waals surface area contributed by atoms with E-state index >= 15 is 0 Å². The third-order valence-electron chi connectivity index (χ3n) is 7.09. The van der Waals surface area contributed by atoms with Gasteiger partial charge < -0.3 is 0 Å². The lowest BCUT2D eigenvalue weighted by atomic mass is 10.0. The Labute approximate surface area is 228 Å². The highest BCUT2D eigenvalue weighted by molar-refractivity contribution is 7.76. The summed E-state index contributed by atoms with van der Waals surface area (Å²) in [6.45, 7) is 0. The molecular formula is C34H26N3OP. The Kier molecular flexibility index (Phi) is 6.78. The van der Waals surface area contributed by atoms with Crippen molar-refractivity contribution in [3.05, 3.63) is 156 Å². The van der Waals surface area contributed by atoms with E-state index in [1.54, 1.807) is 0 Å². The third kappa shape index (κ3) is 4.64. The Morgan fingerprint density at radius 3 is 1.46 bits per heavy atom. The minimum absolute atomic E-state index is 0.630. The molecule has 0 fully saturated rings. The molecule has 4 nitrogen and oxygen atoms in total. The molecule has 39 heavy (non-hydrogen) atoms. The van der Waals surface area contributed by atoms with E-state index < -0.39 is 19.4 Å². The van der Waals surface area contributed by atoms with E-state index in [9.17, 15) is 9.83 Å². The van der Waals surface area contributed by atoms with Gasteiger partial charge in [-0.05, 0) is 41.0 Å². The number of rotatable bonds is 7. The molecule has 0 unspecified atom stereocenters. The maximum atomic E-state index is 15.0. The summed E-state index contributed by atoms with van der Waals surface area (Å²) in [5, 5.41) is 15.4. The second-order valence-electron chi connectivity index (χ2n) is 9.44. The van der Waals surface area contributed by atoms with Crippen molar-refractivity contribution in [1.29, 1.82) is 5.26 Å². The number of aliphatic imine (C=N–C) groups is 1. The molecule has 2 atom stereocenters. The molecule has 5 heteroatoms. The van der Waals surface area contributed by atoms with Crippen LogP contribution in [0.15, 0.2) is 145 Å². The van der Waals surface area contributed by atoms with Crippen molar-refractivity contribution < 1.29 is 4.57 Å². The summed E-state index contributed by atoms with van der Waals surface area (Å²) in [5.74, 6) is 0. The van der Waals surface area contributed by atoms with Crippen LogP contribution in [0.4, 0.5) is 0 Å². The number of fused-ring (bicyclic) bond motifs is 3. The minimum atomic E-state index is -3.36. The SMILES string of the molecule is N#C[C@H](N=C1c2ccccc2-c2ccccc21)[C@@H](NP(=O)(c1ccccc1)c1ccccc1)c1ccccc1. The number of hydrogen-bond donors (Lipinski definition) is 1. The van der Waals surface area contributed by atoms with Gasteiger partial charge in [0, 0.05) is 21.7 Å². The predicted octanol–water partition coefficient (Wildman–Crippen LogP) is 6.66. The van der Waals surface area contributed by atoms with Crippen molar-refractivity contribution >= 4 is 23.6 Å². The van der Waals surface area contributed by atoms with Crippen molar-refractivity contribution in [3.8, 4) is 17.2 Å². The molecule has 5 aromatic carbocycles. The summed E-state index contributed by atoms with van der Waals surface area (Å²) in [7, 11) is -3.36. The molecule has 5 aromatic rings. The summed E-state index contributed by atoms with van der Waals surface area (Å²) in [6.07, 6.45) is 0. The van der Waals surface area contributed by atoms with Crippen LogP contribution in [0, 0.1) is 11.3 Å². The molecule has 0 amide bonds. The average molecular weight is 524 g/mol. The van der Waals surface area contributed by atoms with Gasteiger partial charge in [-0.1, -0.05) is 115 Å². The lowest BCUT2D eigenvalue weighted by Crippen LogP contribution is -2.35. The zero-order valence-corrected chi connectivity index (χ0v) is 22.1. The van der Waals surface area contributed by atoms with E-state index in [1.165, 1.54) is 0 Å². The smallest absolute Gasteiger partial charge is 0.205 e. The van der Waals surface area contributed by atoms with Crippen LogP contribution in [0.2, 0.25) is 0 Å². The standard InChI is InChI=1S/C34H26N3OP/c35-24-32(36-34-30-22-12-10-20-28(30)29-21-11-13-23-31(29)34)33(25-14-4-1-5-15-25)37-39(38,26-16-6-2-7-17-26)27-18-8-3-9-19-27/h1-23,32-33H,(H,37,38)/t32-,33-/m0/s1.